The first-order valence-corrected chi connectivity index (χ1v) is 9.17. The Hall–Kier alpha value is 0.110. The molecule has 0 aromatic rings. The quantitative estimate of drug-likeness (QED) is 0.516. The lowest BCUT2D eigenvalue weighted by Crippen LogP contribution is -2.23. The third-order valence-corrected chi connectivity index (χ3v) is 5.26. The summed E-state index contributed by atoms with van der Waals surface area (Å²) >= 11 is 0. The van der Waals surface area contributed by atoms with E-state index in [1.807, 2.05) is 6.92 Å². The maximum absolute atomic E-state index is 11.6. The van der Waals surface area contributed by atoms with Gasteiger partial charge in [-0.25, -0.2) is 0 Å². The van der Waals surface area contributed by atoms with E-state index in [1.165, 1.54) is 57.8 Å². The van der Waals surface area contributed by atoms with Crippen molar-refractivity contribution < 1.29 is 4.21 Å². The second kappa shape index (κ2) is 13.5. The third-order valence-electron chi connectivity index (χ3n) is 3.48. The fraction of sp³-hybridized carbons (Fsp3) is 1.00. The minimum atomic E-state index is -0.702. The first kappa shape index (κ1) is 18.1. The van der Waals surface area contributed by atoms with Crippen LogP contribution in [0.5, 0.6) is 0 Å². The molecule has 110 valence electrons. The lowest BCUT2D eigenvalue weighted by atomic mass is 10.1. The summed E-state index contributed by atoms with van der Waals surface area (Å²) < 4.78 is 11.6. The smallest absolute Gasteiger partial charge is 0.0442 e. The Kier molecular flexibility index (Phi) is 13.6. The average molecular weight is 276 g/mol. The van der Waals surface area contributed by atoms with Crippen molar-refractivity contribution in [3.05, 3.63) is 0 Å². The highest BCUT2D eigenvalue weighted by Gasteiger charge is 2.07. The van der Waals surface area contributed by atoms with Crippen LogP contribution in [0.3, 0.4) is 0 Å². The zero-order valence-corrected chi connectivity index (χ0v) is 13.3. The van der Waals surface area contributed by atoms with E-state index in [0.29, 0.717) is 6.54 Å². The van der Waals surface area contributed by atoms with Crippen molar-refractivity contribution in [2.24, 2.45) is 5.73 Å². The summed E-state index contributed by atoms with van der Waals surface area (Å²) in [5.41, 5.74) is 5.50. The first-order chi connectivity index (χ1) is 8.72. The molecule has 0 aromatic carbocycles. The normalized spacial score (nSPS) is 14.6. The molecule has 2 atom stereocenters. The van der Waals surface area contributed by atoms with Crippen molar-refractivity contribution in [2.75, 3.05) is 12.3 Å². The SMILES string of the molecule is CCCCCCCCCCCCS(=O)C(C)CN. The van der Waals surface area contributed by atoms with Crippen LogP contribution in [-0.4, -0.2) is 21.8 Å². The second-order valence-corrected chi connectivity index (χ2v) is 7.29. The van der Waals surface area contributed by atoms with Gasteiger partial charge in [0, 0.05) is 28.3 Å². The summed E-state index contributed by atoms with van der Waals surface area (Å²) in [6, 6.07) is 0. The molecule has 2 nitrogen and oxygen atoms in total. The highest BCUT2D eigenvalue weighted by molar-refractivity contribution is 7.85. The van der Waals surface area contributed by atoms with Gasteiger partial charge in [-0.2, -0.15) is 0 Å². The van der Waals surface area contributed by atoms with Gasteiger partial charge in [-0.1, -0.05) is 64.7 Å². The van der Waals surface area contributed by atoms with Crippen LogP contribution >= 0.6 is 0 Å². The Bertz CT molecular complexity index is 197. The molecule has 0 rings (SSSR count). The Morgan fingerprint density at radius 1 is 0.889 bits per heavy atom. The van der Waals surface area contributed by atoms with Gasteiger partial charge >= 0.3 is 0 Å². The molecular weight excluding hydrogens is 242 g/mol. The summed E-state index contributed by atoms with van der Waals surface area (Å²) in [6.07, 6.45) is 13.3. The average Bonchev–Trinajstić information content (AvgIpc) is 2.39. The van der Waals surface area contributed by atoms with Crippen molar-refractivity contribution in [3.63, 3.8) is 0 Å². The lowest BCUT2D eigenvalue weighted by Gasteiger charge is -2.08. The molecule has 2 N–H and O–H groups in total. The lowest BCUT2D eigenvalue weighted by molar-refractivity contribution is 0.562. The minimum absolute atomic E-state index is 0.170. The molecule has 0 aliphatic carbocycles. The monoisotopic (exact) mass is 275 g/mol. The van der Waals surface area contributed by atoms with E-state index in [2.05, 4.69) is 6.92 Å². The van der Waals surface area contributed by atoms with Crippen molar-refractivity contribution in [2.45, 2.75) is 83.3 Å². The van der Waals surface area contributed by atoms with Gasteiger partial charge in [0.1, 0.15) is 0 Å². The largest absolute Gasteiger partial charge is 0.329 e. The molecular formula is C15H33NOS. The number of hydrogen-bond donors (Lipinski definition) is 1. The third kappa shape index (κ3) is 11.2. The Labute approximate surface area is 117 Å². The zero-order chi connectivity index (χ0) is 13.6. The van der Waals surface area contributed by atoms with E-state index in [-0.39, 0.29) is 5.25 Å². The molecule has 0 amide bonds. The predicted octanol–water partition coefficient (Wildman–Crippen LogP) is 4.00. The molecule has 0 bridgehead atoms. The summed E-state index contributed by atoms with van der Waals surface area (Å²) in [5.74, 6) is 0.842. The molecule has 18 heavy (non-hydrogen) atoms. The molecule has 2 unspecified atom stereocenters. The van der Waals surface area contributed by atoms with Gasteiger partial charge < -0.3 is 5.73 Å². The first-order valence-electron chi connectivity index (χ1n) is 7.79. The molecule has 0 saturated heterocycles. The van der Waals surface area contributed by atoms with Crippen LogP contribution in [0, 0.1) is 0 Å². The maximum atomic E-state index is 11.6. The summed E-state index contributed by atoms with van der Waals surface area (Å²) in [4.78, 5) is 0. The fourth-order valence-electron chi connectivity index (χ4n) is 2.04. The Balaban J connectivity index is 3.14. The van der Waals surface area contributed by atoms with Gasteiger partial charge in [0.2, 0.25) is 0 Å². The van der Waals surface area contributed by atoms with Crippen LogP contribution in [0.4, 0.5) is 0 Å². The number of rotatable bonds is 13. The molecule has 3 heteroatoms. The summed E-state index contributed by atoms with van der Waals surface area (Å²) in [6.45, 7) is 4.78. The zero-order valence-electron chi connectivity index (χ0n) is 12.5. The van der Waals surface area contributed by atoms with Crippen LogP contribution in [-0.2, 0) is 10.8 Å². The molecule has 0 fully saturated rings. The number of hydrogen-bond acceptors (Lipinski definition) is 2. The minimum Gasteiger partial charge on any atom is -0.329 e. The Morgan fingerprint density at radius 2 is 1.33 bits per heavy atom. The van der Waals surface area contributed by atoms with Crippen molar-refractivity contribution in [1.29, 1.82) is 0 Å². The van der Waals surface area contributed by atoms with Gasteiger partial charge in [-0.05, 0) is 13.3 Å². The molecule has 0 aliphatic heterocycles. The number of nitrogens with two attached hydrogens (primary N) is 1. The predicted molar refractivity (Wildman–Crippen MR) is 83.4 cm³/mol. The van der Waals surface area contributed by atoms with Gasteiger partial charge in [0.25, 0.3) is 0 Å². The molecule has 0 saturated carbocycles. The molecule has 0 spiro atoms. The van der Waals surface area contributed by atoms with Crippen LogP contribution < -0.4 is 5.73 Å². The summed E-state index contributed by atoms with van der Waals surface area (Å²) in [7, 11) is -0.702. The molecule has 0 radical (unpaired) electrons. The van der Waals surface area contributed by atoms with Crippen LogP contribution in [0.2, 0.25) is 0 Å². The van der Waals surface area contributed by atoms with E-state index in [0.717, 1.165) is 12.2 Å². The standard InChI is InChI=1S/C15H33NOS/c1-3-4-5-6-7-8-9-10-11-12-13-18(17)15(2)14-16/h15H,3-14,16H2,1-2H3. The highest BCUT2D eigenvalue weighted by Crippen LogP contribution is 2.11. The van der Waals surface area contributed by atoms with Crippen LogP contribution in [0.15, 0.2) is 0 Å². The van der Waals surface area contributed by atoms with Crippen molar-refractivity contribution in [1.82, 2.24) is 0 Å². The van der Waals surface area contributed by atoms with E-state index in [1.54, 1.807) is 0 Å². The maximum Gasteiger partial charge on any atom is 0.0442 e. The van der Waals surface area contributed by atoms with Crippen LogP contribution in [0.25, 0.3) is 0 Å². The van der Waals surface area contributed by atoms with E-state index in [9.17, 15) is 4.21 Å². The van der Waals surface area contributed by atoms with E-state index >= 15 is 0 Å². The molecule has 0 heterocycles. The van der Waals surface area contributed by atoms with Crippen molar-refractivity contribution in [3.8, 4) is 0 Å². The number of unbranched alkanes of at least 4 members (excludes halogenated alkanes) is 9. The second-order valence-electron chi connectivity index (χ2n) is 5.31. The van der Waals surface area contributed by atoms with E-state index < -0.39 is 10.8 Å². The van der Waals surface area contributed by atoms with Crippen molar-refractivity contribution >= 4 is 10.8 Å². The van der Waals surface area contributed by atoms with Crippen LogP contribution in [0.1, 0.15) is 78.1 Å². The Morgan fingerprint density at radius 3 is 1.78 bits per heavy atom. The molecule has 0 aromatic heterocycles. The van der Waals surface area contributed by atoms with E-state index in [4.69, 9.17) is 5.73 Å². The fourth-order valence-corrected chi connectivity index (χ4v) is 3.15. The van der Waals surface area contributed by atoms with Gasteiger partial charge in [0.05, 0.1) is 0 Å². The molecule has 0 aliphatic rings. The topological polar surface area (TPSA) is 43.1 Å². The van der Waals surface area contributed by atoms with Gasteiger partial charge in [0.15, 0.2) is 0 Å². The highest BCUT2D eigenvalue weighted by atomic mass is 32.2. The van der Waals surface area contributed by atoms with Gasteiger partial charge in [-0.3, -0.25) is 4.21 Å². The van der Waals surface area contributed by atoms with Gasteiger partial charge in [-0.15, -0.1) is 0 Å². The summed E-state index contributed by atoms with van der Waals surface area (Å²) in [5, 5.41) is 0.170.